The number of ketones is 1. The van der Waals surface area contributed by atoms with Crippen molar-refractivity contribution >= 4 is 36.8 Å². The molecule has 2 rings (SSSR count). The first-order chi connectivity index (χ1) is 10.5. The molecule has 0 amide bonds. The van der Waals surface area contributed by atoms with E-state index in [2.05, 4.69) is 4.52 Å². The summed E-state index contributed by atoms with van der Waals surface area (Å²) in [5.74, 6) is -0.186. The zero-order valence-electron chi connectivity index (χ0n) is 11.9. The lowest BCUT2D eigenvalue weighted by Gasteiger charge is -2.19. The van der Waals surface area contributed by atoms with E-state index in [0.29, 0.717) is 5.56 Å². The Morgan fingerprint density at radius 2 is 2.17 bits per heavy atom. The molecule has 128 valence electrons. The number of aromatic nitrogens is 1. The predicted molar refractivity (Wildman–Crippen MR) is 79.0 cm³/mol. The Balaban J connectivity index is 2.24. The van der Waals surface area contributed by atoms with Crippen molar-refractivity contribution in [3.8, 4) is 0 Å². The van der Waals surface area contributed by atoms with E-state index >= 15 is 0 Å². The number of carbonyl (C=O) groups excluding carboxylic acids is 1. The van der Waals surface area contributed by atoms with Gasteiger partial charge in [-0.1, -0.05) is 23.2 Å². The molecular formula is C12H15Cl2NO7P+. The summed E-state index contributed by atoms with van der Waals surface area (Å²) in [5.41, 5.74) is 0.379. The Kier molecular flexibility index (Phi) is 5.50. The Bertz CT molecular complexity index is 650. The van der Waals surface area contributed by atoms with Gasteiger partial charge in [0, 0.05) is 6.07 Å². The van der Waals surface area contributed by atoms with Crippen LogP contribution in [0.2, 0.25) is 0 Å². The number of halogens is 2. The number of phosphoric acid groups is 1. The first-order valence-electron chi connectivity index (χ1n) is 6.45. The van der Waals surface area contributed by atoms with Crippen LogP contribution in [0.1, 0.15) is 23.5 Å². The molecule has 0 spiro atoms. The van der Waals surface area contributed by atoms with Crippen LogP contribution in [0.3, 0.4) is 0 Å². The molecule has 1 aromatic heterocycles. The molecule has 23 heavy (non-hydrogen) atoms. The number of phosphoric ester groups is 1. The fraction of sp³-hybridized carbons (Fsp3) is 0.500. The first kappa shape index (κ1) is 18.8. The van der Waals surface area contributed by atoms with Crippen LogP contribution < -0.4 is 4.57 Å². The number of aliphatic hydroxyl groups is 1. The zero-order chi connectivity index (χ0) is 17.4. The molecule has 1 aliphatic rings. The molecule has 0 radical (unpaired) electrons. The lowest BCUT2D eigenvalue weighted by atomic mass is 10.1. The van der Waals surface area contributed by atoms with Crippen LogP contribution in [0.5, 0.6) is 0 Å². The normalized spacial score (nSPS) is 27.1. The van der Waals surface area contributed by atoms with E-state index in [1.165, 1.54) is 23.9 Å². The minimum absolute atomic E-state index is 0.186. The highest BCUT2D eigenvalue weighted by Crippen LogP contribution is 2.45. The Labute approximate surface area is 141 Å². The van der Waals surface area contributed by atoms with Crippen molar-refractivity contribution < 1.29 is 38.1 Å². The topological polar surface area (TPSA) is 117 Å². The Morgan fingerprint density at radius 1 is 1.52 bits per heavy atom. The maximum Gasteiger partial charge on any atom is 0.469 e. The standard InChI is InChI=1S/C12H14Cl2NO7P/c1-7(16)8-3-2-4-15(5-8)11-12(13,14)10(17)9(22-11)6-21-23(18,19)20/h2-5,9-11,17H,6H2,1H3,(H-,18,19,20)/p+1/t9-,10?,11-/m1/s1. The fourth-order valence-electron chi connectivity index (χ4n) is 2.14. The second-order valence-corrected chi connectivity index (χ2v) is 7.71. The summed E-state index contributed by atoms with van der Waals surface area (Å²) in [6.45, 7) is 0.783. The summed E-state index contributed by atoms with van der Waals surface area (Å²) >= 11 is 12.3. The van der Waals surface area contributed by atoms with E-state index in [0.717, 1.165) is 0 Å². The maximum absolute atomic E-state index is 11.4. The van der Waals surface area contributed by atoms with Gasteiger partial charge in [-0.2, -0.15) is 4.57 Å². The number of hydrogen-bond donors (Lipinski definition) is 3. The van der Waals surface area contributed by atoms with Gasteiger partial charge >= 0.3 is 7.82 Å². The summed E-state index contributed by atoms with van der Waals surface area (Å²) in [6, 6.07) is 3.17. The van der Waals surface area contributed by atoms with Crippen LogP contribution in [0.25, 0.3) is 0 Å². The van der Waals surface area contributed by atoms with E-state index < -0.39 is 37.2 Å². The van der Waals surface area contributed by atoms with Gasteiger partial charge in [0.1, 0.15) is 12.2 Å². The third-order valence-electron chi connectivity index (χ3n) is 3.29. The SMILES string of the molecule is CC(=O)c1ccc[n+]([C@@H]2O[C@H](COP(=O)(O)O)C(O)C2(Cl)Cl)c1. The fourth-order valence-corrected chi connectivity index (χ4v) is 3.09. The molecule has 0 aromatic carbocycles. The van der Waals surface area contributed by atoms with Gasteiger partial charge in [0.15, 0.2) is 18.2 Å². The quantitative estimate of drug-likeness (QED) is 0.295. The molecular weight excluding hydrogens is 372 g/mol. The van der Waals surface area contributed by atoms with Gasteiger partial charge in [-0.25, -0.2) is 4.57 Å². The lowest BCUT2D eigenvalue weighted by Crippen LogP contribution is -2.49. The number of alkyl halides is 2. The largest absolute Gasteiger partial charge is 0.469 e. The number of hydrogen-bond acceptors (Lipinski definition) is 5. The van der Waals surface area contributed by atoms with Crippen LogP contribution in [-0.4, -0.2) is 43.8 Å². The second-order valence-electron chi connectivity index (χ2n) is 5.03. The zero-order valence-corrected chi connectivity index (χ0v) is 14.3. The monoisotopic (exact) mass is 386 g/mol. The molecule has 1 aliphatic heterocycles. The number of aliphatic hydroxyl groups excluding tert-OH is 1. The van der Waals surface area contributed by atoms with Crippen molar-refractivity contribution in [2.75, 3.05) is 6.61 Å². The van der Waals surface area contributed by atoms with Crippen molar-refractivity contribution in [1.82, 2.24) is 0 Å². The molecule has 2 heterocycles. The number of pyridine rings is 1. The molecule has 8 nitrogen and oxygen atoms in total. The number of nitrogens with zero attached hydrogens (tertiary/aromatic N) is 1. The van der Waals surface area contributed by atoms with Gasteiger partial charge in [0.05, 0.1) is 12.2 Å². The van der Waals surface area contributed by atoms with Gasteiger partial charge in [0.25, 0.3) is 6.23 Å². The third kappa shape index (κ3) is 4.29. The molecule has 11 heteroatoms. The molecule has 1 saturated heterocycles. The van der Waals surface area contributed by atoms with E-state index in [9.17, 15) is 14.5 Å². The Morgan fingerprint density at radius 3 is 2.74 bits per heavy atom. The highest BCUT2D eigenvalue weighted by Gasteiger charge is 2.60. The van der Waals surface area contributed by atoms with Crippen LogP contribution in [-0.2, 0) is 13.8 Å². The molecule has 1 aromatic rings. The van der Waals surface area contributed by atoms with Crippen molar-refractivity contribution in [1.29, 1.82) is 0 Å². The average molecular weight is 387 g/mol. The second kappa shape index (κ2) is 6.74. The molecule has 0 aliphatic carbocycles. The summed E-state index contributed by atoms with van der Waals surface area (Å²) in [5, 5.41) is 10.1. The van der Waals surface area contributed by atoms with Gasteiger partial charge in [-0.05, 0) is 13.0 Å². The molecule has 3 atom stereocenters. The average Bonchev–Trinajstić information content (AvgIpc) is 2.67. The minimum Gasteiger partial charge on any atom is -0.387 e. The van der Waals surface area contributed by atoms with Gasteiger partial charge < -0.3 is 19.6 Å². The van der Waals surface area contributed by atoms with E-state index in [1.54, 1.807) is 12.1 Å². The van der Waals surface area contributed by atoms with Gasteiger partial charge in [-0.3, -0.25) is 9.32 Å². The maximum atomic E-state index is 11.4. The van der Waals surface area contributed by atoms with Crippen LogP contribution in [0, 0.1) is 0 Å². The molecule has 1 fully saturated rings. The lowest BCUT2D eigenvalue weighted by molar-refractivity contribution is -0.760. The Hall–Kier alpha value is -0.570. The van der Waals surface area contributed by atoms with Crippen molar-refractivity contribution in [3.05, 3.63) is 30.1 Å². The number of Topliss-reactive ketones (excluding diaryl/α,β-unsaturated/α-hetero) is 1. The third-order valence-corrected chi connectivity index (χ3v) is 4.59. The van der Waals surface area contributed by atoms with Crippen molar-refractivity contribution in [2.45, 2.75) is 29.7 Å². The van der Waals surface area contributed by atoms with E-state index in [4.69, 9.17) is 37.7 Å². The summed E-state index contributed by atoms with van der Waals surface area (Å²) in [7, 11) is -4.73. The molecule has 1 unspecified atom stereocenters. The van der Waals surface area contributed by atoms with Crippen LogP contribution >= 0.6 is 31.0 Å². The molecule has 0 saturated carbocycles. The van der Waals surface area contributed by atoms with Crippen LogP contribution in [0.15, 0.2) is 24.5 Å². The summed E-state index contributed by atoms with van der Waals surface area (Å²) in [4.78, 5) is 28.9. The van der Waals surface area contributed by atoms with E-state index in [-0.39, 0.29) is 5.78 Å². The molecule has 3 N–H and O–H groups in total. The number of rotatable bonds is 5. The molecule has 0 bridgehead atoms. The smallest absolute Gasteiger partial charge is 0.387 e. The van der Waals surface area contributed by atoms with Crippen molar-refractivity contribution in [2.24, 2.45) is 0 Å². The first-order valence-corrected chi connectivity index (χ1v) is 8.74. The van der Waals surface area contributed by atoms with Crippen LogP contribution in [0.4, 0.5) is 0 Å². The predicted octanol–water partition coefficient (Wildman–Crippen LogP) is 0.718. The summed E-state index contributed by atoms with van der Waals surface area (Å²) < 4.78 is 20.1. The van der Waals surface area contributed by atoms with Crippen molar-refractivity contribution in [3.63, 3.8) is 0 Å². The van der Waals surface area contributed by atoms with Gasteiger partial charge in [0.2, 0.25) is 4.33 Å². The minimum atomic E-state index is -4.73. The van der Waals surface area contributed by atoms with Gasteiger partial charge in [-0.15, -0.1) is 0 Å². The summed E-state index contributed by atoms with van der Waals surface area (Å²) in [6.07, 6.45) is -0.710. The highest BCUT2D eigenvalue weighted by atomic mass is 35.5. The number of carbonyl (C=O) groups is 1. The highest BCUT2D eigenvalue weighted by molar-refractivity contribution is 7.46. The van der Waals surface area contributed by atoms with E-state index in [1.807, 2.05) is 0 Å². The number of ether oxygens (including phenoxy) is 1.